The maximum absolute atomic E-state index is 13.7. The molecule has 1 saturated heterocycles. The normalized spacial score (nSPS) is 18.9. The third kappa shape index (κ3) is 5.69. The van der Waals surface area contributed by atoms with E-state index in [9.17, 15) is 23.2 Å². The molecule has 0 spiro atoms. The zero-order valence-corrected chi connectivity index (χ0v) is 22.2. The van der Waals surface area contributed by atoms with Gasteiger partial charge in [-0.2, -0.15) is 18.4 Å². The summed E-state index contributed by atoms with van der Waals surface area (Å²) in [6, 6.07) is 6.47. The number of halogens is 3. The Morgan fingerprint density at radius 2 is 1.97 bits per heavy atom. The maximum atomic E-state index is 13.7. The number of hydrogen-bond acceptors (Lipinski definition) is 6. The minimum atomic E-state index is -4.61. The molecule has 1 aliphatic carbocycles. The van der Waals surface area contributed by atoms with Gasteiger partial charge in [-0.1, -0.05) is 0 Å². The van der Waals surface area contributed by atoms with Crippen molar-refractivity contribution in [3.8, 4) is 6.07 Å². The van der Waals surface area contributed by atoms with Crippen molar-refractivity contribution in [2.75, 3.05) is 24.5 Å². The lowest BCUT2D eigenvalue weighted by atomic mass is 10.00. The van der Waals surface area contributed by atoms with Crippen LogP contribution in [0.3, 0.4) is 0 Å². The van der Waals surface area contributed by atoms with Crippen LogP contribution >= 0.6 is 0 Å². The Kier molecular flexibility index (Phi) is 7.21. The van der Waals surface area contributed by atoms with Gasteiger partial charge in [0.25, 0.3) is 5.91 Å². The number of aryl methyl sites for hydroxylation is 1. The second-order valence-electron chi connectivity index (χ2n) is 10.6. The maximum Gasteiger partial charge on any atom is 0.416 e. The number of aromatic nitrogens is 2. The fourth-order valence-electron chi connectivity index (χ4n) is 5.21. The summed E-state index contributed by atoms with van der Waals surface area (Å²) in [5.41, 5.74) is 2.91. The molecule has 0 unspecified atom stereocenters. The molecule has 2 aromatic heterocycles. The Morgan fingerprint density at radius 3 is 2.67 bits per heavy atom. The number of nitriles is 1. The number of hydrogen-bond donors (Lipinski definition) is 2. The number of rotatable bonds is 5. The minimum Gasteiger partial charge on any atom is -0.369 e. The lowest BCUT2D eigenvalue weighted by molar-refractivity contribution is -0.137. The van der Waals surface area contributed by atoms with Gasteiger partial charge in [0.05, 0.1) is 45.7 Å². The first-order valence-corrected chi connectivity index (χ1v) is 13.3. The van der Waals surface area contributed by atoms with E-state index in [0.717, 1.165) is 72.5 Å². The summed E-state index contributed by atoms with van der Waals surface area (Å²) < 4.78 is 40.3. The van der Waals surface area contributed by atoms with Crippen molar-refractivity contribution in [1.82, 2.24) is 20.6 Å². The zero-order chi connectivity index (χ0) is 27.9. The Morgan fingerprint density at radius 1 is 1.21 bits per heavy atom. The molecule has 10 heteroatoms. The van der Waals surface area contributed by atoms with E-state index in [1.807, 2.05) is 13.0 Å². The van der Waals surface area contributed by atoms with Crippen molar-refractivity contribution in [2.45, 2.75) is 64.2 Å². The molecule has 39 heavy (non-hydrogen) atoms. The van der Waals surface area contributed by atoms with Gasteiger partial charge in [0.15, 0.2) is 0 Å². The van der Waals surface area contributed by atoms with Gasteiger partial charge in [0.2, 0.25) is 0 Å². The monoisotopic (exact) mass is 536 g/mol. The number of alkyl halides is 3. The van der Waals surface area contributed by atoms with Crippen LogP contribution in [0.5, 0.6) is 0 Å². The van der Waals surface area contributed by atoms with Crippen LogP contribution < -0.4 is 15.5 Å². The highest BCUT2D eigenvalue weighted by Crippen LogP contribution is 2.43. The summed E-state index contributed by atoms with van der Waals surface area (Å²) in [5, 5.41) is 16.5. The third-order valence-electron chi connectivity index (χ3n) is 7.47. The molecule has 0 radical (unpaired) electrons. The first kappa shape index (κ1) is 26.9. The number of pyridine rings is 2. The summed E-state index contributed by atoms with van der Waals surface area (Å²) in [4.78, 5) is 25.4. The molecule has 5 rings (SSSR count). The van der Waals surface area contributed by atoms with Crippen LogP contribution in [-0.4, -0.2) is 41.6 Å². The van der Waals surface area contributed by atoms with Crippen LogP contribution in [0.2, 0.25) is 0 Å². The standard InChI is InChI=1S/C29H31F3N6O/c1-16-6-8-38(9-7-34-16)27-23-10-17(2)36-25(20-4-5-20)26(23)35-15-24(27)28(39)37-18(3)21-11-19(14-33)12-22(13-21)29(30,31)32/h10-13,15-16,18,20,34H,4-9H2,1-3H3,(H,37,39)/t16-,18-/m0/s1. The van der Waals surface area contributed by atoms with E-state index in [1.165, 1.54) is 6.07 Å². The van der Waals surface area contributed by atoms with Gasteiger partial charge in [-0.25, -0.2) is 0 Å². The van der Waals surface area contributed by atoms with Crippen LogP contribution in [0.25, 0.3) is 10.9 Å². The molecule has 1 aromatic carbocycles. The van der Waals surface area contributed by atoms with E-state index in [4.69, 9.17) is 9.97 Å². The first-order chi connectivity index (χ1) is 18.5. The summed E-state index contributed by atoms with van der Waals surface area (Å²) in [5.74, 6) is -0.0657. The number of carbonyl (C=O) groups excluding carboxylic acids is 1. The van der Waals surface area contributed by atoms with Crippen LogP contribution in [0, 0.1) is 18.3 Å². The molecule has 1 aliphatic heterocycles. The second-order valence-corrected chi connectivity index (χ2v) is 10.6. The van der Waals surface area contributed by atoms with Gasteiger partial charge in [0, 0.05) is 48.9 Å². The smallest absolute Gasteiger partial charge is 0.369 e. The molecule has 2 N–H and O–H groups in total. The van der Waals surface area contributed by atoms with Crippen molar-refractivity contribution in [2.24, 2.45) is 0 Å². The van der Waals surface area contributed by atoms with Gasteiger partial charge in [0.1, 0.15) is 0 Å². The molecule has 2 aliphatic rings. The van der Waals surface area contributed by atoms with Crippen LogP contribution in [0.4, 0.5) is 18.9 Å². The molecular formula is C29H31F3N6O. The van der Waals surface area contributed by atoms with Gasteiger partial charge >= 0.3 is 6.18 Å². The number of amides is 1. The number of benzene rings is 1. The van der Waals surface area contributed by atoms with E-state index in [0.29, 0.717) is 24.1 Å². The topological polar surface area (TPSA) is 93.9 Å². The van der Waals surface area contributed by atoms with Crippen LogP contribution in [0.1, 0.15) is 83.5 Å². The third-order valence-corrected chi connectivity index (χ3v) is 7.47. The molecule has 0 bridgehead atoms. The minimum absolute atomic E-state index is 0.115. The van der Waals surface area contributed by atoms with E-state index in [1.54, 1.807) is 19.2 Å². The summed E-state index contributed by atoms with van der Waals surface area (Å²) in [6.45, 7) is 7.87. The van der Waals surface area contributed by atoms with Crippen LogP contribution in [-0.2, 0) is 6.18 Å². The van der Waals surface area contributed by atoms with Crippen LogP contribution in [0.15, 0.2) is 30.5 Å². The zero-order valence-electron chi connectivity index (χ0n) is 22.2. The Balaban J connectivity index is 1.56. The number of fused-ring (bicyclic) bond motifs is 1. The van der Waals surface area contributed by atoms with Crippen molar-refractivity contribution >= 4 is 22.5 Å². The molecule has 3 aromatic rings. The van der Waals surface area contributed by atoms with E-state index in [2.05, 4.69) is 22.5 Å². The van der Waals surface area contributed by atoms with Gasteiger partial charge in [-0.3, -0.25) is 14.8 Å². The fraction of sp³-hybridized carbons (Fsp3) is 0.448. The van der Waals surface area contributed by atoms with Crippen molar-refractivity contribution < 1.29 is 18.0 Å². The molecule has 204 valence electrons. The number of carbonyl (C=O) groups is 1. The lowest BCUT2D eigenvalue weighted by Crippen LogP contribution is -2.33. The largest absolute Gasteiger partial charge is 0.416 e. The highest BCUT2D eigenvalue weighted by Gasteiger charge is 2.33. The summed E-state index contributed by atoms with van der Waals surface area (Å²) in [7, 11) is 0. The lowest BCUT2D eigenvalue weighted by Gasteiger charge is -2.27. The average Bonchev–Trinajstić information content (AvgIpc) is 3.75. The molecule has 2 fully saturated rings. The average molecular weight is 537 g/mol. The molecule has 1 amide bonds. The van der Waals surface area contributed by atoms with Crippen molar-refractivity contribution in [3.63, 3.8) is 0 Å². The van der Waals surface area contributed by atoms with E-state index >= 15 is 0 Å². The predicted octanol–water partition coefficient (Wildman–Crippen LogP) is 5.39. The van der Waals surface area contributed by atoms with E-state index in [-0.39, 0.29) is 11.1 Å². The number of anilines is 1. The second kappa shape index (κ2) is 10.5. The van der Waals surface area contributed by atoms with Crippen molar-refractivity contribution in [3.05, 3.63) is 64.1 Å². The van der Waals surface area contributed by atoms with Gasteiger partial charge in [-0.15, -0.1) is 0 Å². The van der Waals surface area contributed by atoms with E-state index < -0.39 is 23.7 Å². The number of nitrogens with zero attached hydrogens (tertiary/aromatic N) is 4. The van der Waals surface area contributed by atoms with Gasteiger partial charge in [-0.05, 0) is 69.9 Å². The Hall–Kier alpha value is -3.71. The molecule has 7 nitrogen and oxygen atoms in total. The summed E-state index contributed by atoms with van der Waals surface area (Å²) >= 11 is 0. The summed E-state index contributed by atoms with van der Waals surface area (Å²) in [6.07, 6.45) is -0.0205. The molecular weight excluding hydrogens is 505 g/mol. The molecule has 2 atom stereocenters. The van der Waals surface area contributed by atoms with Gasteiger partial charge < -0.3 is 15.5 Å². The highest BCUT2D eigenvalue weighted by atomic mass is 19.4. The van der Waals surface area contributed by atoms with Crippen molar-refractivity contribution in [1.29, 1.82) is 5.26 Å². The molecule has 1 saturated carbocycles. The predicted molar refractivity (Wildman–Crippen MR) is 143 cm³/mol. The SMILES string of the molecule is Cc1cc2c(N3CCN[C@@H](C)CC3)c(C(=O)N[C@@H](C)c3cc(C#N)cc(C(F)(F)F)c3)cnc2c(C2CC2)n1. The quantitative estimate of drug-likeness (QED) is 0.455. The highest BCUT2D eigenvalue weighted by molar-refractivity contribution is 6.08. The number of nitrogens with one attached hydrogen (secondary N) is 2. The Bertz CT molecular complexity index is 1460. The molecule has 3 heterocycles. The fourth-order valence-corrected chi connectivity index (χ4v) is 5.21. The first-order valence-electron chi connectivity index (χ1n) is 13.3. The Labute approximate surface area is 225 Å².